The number of phenols is 1. The largest absolute Gasteiger partial charge is 0.508 e. The molecule has 1 aliphatic carbocycles. The molecule has 2 nitrogen and oxygen atoms in total. The van der Waals surface area contributed by atoms with Gasteiger partial charge in [0.2, 0.25) is 0 Å². The molecule has 0 bridgehead atoms. The van der Waals surface area contributed by atoms with Crippen molar-refractivity contribution in [3.8, 4) is 5.75 Å². The Hall–Kier alpha value is -1.02. The first-order valence-electron chi connectivity index (χ1n) is 6.62. The van der Waals surface area contributed by atoms with Crippen LogP contribution in [0.2, 0.25) is 0 Å². The lowest BCUT2D eigenvalue weighted by Gasteiger charge is -2.33. The minimum absolute atomic E-state index is 0.255. The summed E-state index contributed by atoms with van der Waals surface area (Å²) in [5.74, 6) is 0.597. The number of aromatic hydroxyl groups is 1. The molecule has 2 heteroatoms. The van der Waals surface area contributed by atoms with Gasteiger partial charge in [-0.15, -0.1) is 0 Å². The van der Waals surface area contributed by atoms with Gasteiger partial charge in [0.25, 0.3) is 0 Å². The first kappa shape index (κ1) is 12.4. The van der Waals surface area contributed by atoms with E-state index in [1.54, 1.807) is 12.1 Å². The van der Waals surface area contributed by atoms with Crippen molar-refractivity contribution in [1.82, 2.24) is 0 Å². The minimum Gasteiger partial charge on any atom is -0.508 e. The van der Waals surface area contributed by atoms with Crippen molar-refractivity contribution < 1.29 is 10.2 Å². The molecule has 1 saturated carbocycles. The van der Waals surface area contributed by atoms with Crippen LogP contribution in [0, 0.1) is 5.92 Å². The van der Waals surface area contributed by atoms with Crippen LogP contribution in [0.25, 0.3) is 0 Å². The van der Waals surface area contributed by atoms with E-state index >= 15 is 0 Å². The summed E-state index contributed by atoms with van der Waals surface area (Å²) in [5.41, 5.74) is 0.153. The van der Waals surface area contributed by atoms with E-state index in [1.807, 2.05) is 19.1 Å². The van der Waals surface area contributed by atoms with Gasteiger partial charge in [-0.05, 0) is 43.4 Å². The van der Waals surface area contributed by atoms with E-state index in [4.69, 9.17) is 0 Å². The van der Waals surface area contributed by atoms with Crippen molar-refractivity contribution in [1.29, 1.82) is 0 Å². The summed E-state index contributed by atoms with van der Waals surface area (Å²) in [6.07, 6.45) is 7.24. The third-order valence-corrected chi connectivity index (χ3v) is 4.10. The van der Waals surface area contributed by atoms with Gasteiger partial charge < -0.3 is 10.2 Å². The molecule has 0 spiro atoms. The van der Waals surface area contributed by atoms with E-state index in [0.717, 1.165) is 18.4 Å². The summed E-state index contributed by atoms with van der Waals surface area (Å²) >= 11 is 0. The maximum absolute atomic E-state index is 10.7. The summed E-state index contributed by atoms with van der Waals surface area (Å²) in [7, 11) is 0. The Morgan fingerprint density at radius 1 is 1.00 bits per heavy atom. The Kier molecular flexibility index (Phi) is 3.72. The van der Waals surface area contributed by atoms with Crippen molar-refractivity contribution >= 4 is 0 Å². The molecule has 2 N–H and O–H groups in total. The number of hydrogen-bond donors (Lipinski definition) is 2. The van der Waals surface area contributed by atoms with Crippen LogP contribution >= 0.6 is 0 Å². The van der Waals surface area contributed by atoms with E-state index in [-0.39, 0.29) is 5.75 Å². The summed E-state index contributed by atoms with van der Waals surface area (Å²) in [4.78, 5) is 0. The number of hydrogen-bond acceptors (Lipinski definition) is 2. The highest BCUT2D eigenvalue weighted by Crippen LogP contribution is 2.38. The lowest BCUT2D eigenvalue weighted by molar-refractivity contribution is -0.0126. The monoisotopic (exact) mass is 234 g/mol. The normalized spacial score (nSPS) is 21.8. The molecule has 1 aromatic rings. The van der Waals surface area contributed by atoms with Gasteiger partial charge in [-0.25, -0.2) is 0 Å². The van der Waals surface area contributed by atoms with E-state index < -0.39 is 5.60 Å². The van der Waals surface area contributed by atoms with Crippen molar-refractivity contribution in [2.24, 2.45) is 5.92 Å². The SMILES string of the molecule is CC(O)(c1ccc(O)cc1)C1CCCCCC1. The third-order valence-electron chi connectivity index (χ3n) is 4.10. The van der Waals surface area contributed by atoms with E-state index in [0.29, 0.717) is 5.92 Å². The maximum Gasteiger partial charge on any atom is 0.115 e. The standard InChI is InChI=1S/C15H22O2/c1-15(17,12-6-4-2-3-5-7-12)13-8-10-14(16)11-9-13/h8-12,16-17H,2-7H2,1H3. The van der Waals surface area contributed by atoms with Gasteiger partial charge in [0.1, 0.15) is 5.75 Å². The second-order valence-corrected chi connectivity index (χ2v) is 5.38. The first-order chi connectivity index (χ1) is 8.10. The van der Waals surface area contributed by atoms with Crippen molar-refractivity contribution in [3.05, 3.63) is 29.8 Å². The highest BCUT2D eigenvalue weighted by molar-refractivity contribution is 5.30. The molecule has 1 fully saturated rings. The fourth-order valence-electron chi connectivity index (χ4n) is 2.88. The Morgan fingerprint density at radius 3 is 2.06 bits per heavy atom. The van der Waals surface area contributed by atoms with Crippen molar-refractivity contribution in [2.45, 2.75) is 51.0 Å². The van der Waals surface area contributed by atoms with Crippen LogP contribution in [0.3, 0.4) is 0 Å². The average Bonchev–Trinajstić information content (AvgIpc) is 2.58. The minimum atomic E-state index is -0.766. The third kappa shape index (κ3) is 2.81. The average molecular weight is 234 g/mol. The van der Waals surface area contributed by atoms with E-state index in [9.17, 15) is 10.2 Å². The van der Waals surface area contributed by atoms with Gasteiger partial charge >= 0.3 is 0 Å². The molecule has 1 aromatic carbocycles. The Bertz CT molecular complexity index is 346. The van der Waals surface area contributed by atoms with Gasteiger partial charge in [0.15, 0.2) is 0 Å². The van der Waals surface area contributed by atoms with E-state index in [1.165, 1.54) is 25.7 Å². The first-order valence-corrected chi connectivity index (χ1v) is 6.62. The van der Waals surface area contributed by atoms with Crippen LogP contribution in [0.5, 0.6) is 5.75 Å². The zero-order valence-corrected chi connectivity index (χ0v) is 10.5. The second kappa shape index (κ2) is 5.09. The zero-order valence-electron chi connectivity index (χ0n) is 10.5. The number of aliphatic hydroxyl groups is 1. The molecule has 0 amide bonds. The quantitative estimate of drug-likeness (QED) is 0.768. The summed E-state index contributed by atoms with van der Waals surface area (Å²) in [5, 5.41) is 20.0. The molecule has 0 radical (unpaired) electrons. The lowest BCUT2D eigenvalue weighted by atomic mass is 9.78. The molecule has 0 aromatic heterocycles. The summed E-state index contributed by atoms with van der Waals surface area (Å²) in [6, 6.07) is 6.97. The fourth-order valence-corrected chi connectivity index (χ4v) is 2.88. The predicted molar refractivity (Wildman–Crippen MR) is 68.9 cm³/mol. The van der Waals surface area contributed by atoms with Crippen LogP contribution in [-0.4, -0.2) is 10.2 Å². The summed E-state index contributed by atoms with van der Waals surface area (Å²) in [6.45, 7) is 1.91. The molecular weight excluding hydrogens is 212 g/mol. The molecular formula is C15H22O2. The molecule has 0 aliphatic heterocycles. The van der Waals surface area contributed by atoms with Gasteiger partial charge in [-0.2, -0.15) is 0 Å². The number of rotatable bonds is 2. The Morgan fingerprint density at radius 2 is 1.53 bits per heavy atom. The zero-order chi connectivity index (χ0) is 12.3. The number of benzene rings is 1. The molecule has 2 rings (SSSR count). The van der Waals surface area contributed by atoms with Gasteiger partial charge in [-0.1, -0.05) is 37.8 Å². The highest BCUT2D eigenvalue weighted by atomic mass is 16.3. The van der Waals surface area contributed by atoms with Crippen LogP contribution in [0.1, 0.15) is 51.0 Å². The molecule has 0 heterocycles. The summed E-state index contributed by atoms with van der Waals surface area (Å²) < 4.78 is 0. The molecule has 94 valence electrons. The predicted octanol–water partition coefficient (Wildman–Crippen LogP) is 3.57. The van der Waals surface area contributed by atoms with Crippen LogP contribution in [0.4, 0.5) is 0 Å². The fraction of sp³-hybridized carbons (Fsp3) is 0.600. The Labute approximate surface area is 103 Å². The second-order valence-electron chi connectivity index (χ2n) is 5.38. The van der Waals surface area contributed by atoms with Crippen LogP contribution < -0.4 is 0 Å². The lowest BCUT2D eigenvalue weighted by Crippen LogP contribution is -2.31. The molecule has 0 saturated heterocycles. The molecule has 1 atom stereocenters. The smallest absolute Gasteiger partial charge is 0.115 e. The maximum atomic E-state index is 10.7. The van der Waals surface area contributed by atoms with E-state index in [2.05, 4.69) is 0 Å². The van der Waals surface area contributed by atoms with Gasteiger partial charge in [-0.3, -0.25) is 0 Å². The van der Waals surface area contributed by atoms with Gasteiger partial charge in [0.05, 0.1) is 5.60 Å². The molecule has 1 unspecified atom stereocenters. The highest BCUT2D eigenvalue weighted by Gasteiger charge is 2.33. The molecule has 17 heavy (non-hydrogen) atoms. The Balaban J connectivity index is 2.18. The van der Waals surface area contributed by atoms with Gasteiger partial charge in [0, 0.05) is 0 Å². The molecule has 1 aliphatic rings. The van der Waals surface area contributed by atoms with Crippen LogP contribution in [0.15, 0.2) is 24.3 Å². The topological polar surface area (TPSA) is 40.5 Å². The van der Waals surface area contributed by atoms with Crippen molar-refractivity contribution in [2.75, 3.05) is 0 Å². The number of phenolic OH excluding ortho intramolecular Hbond substituents is 1. The van der Waals surface area contributed by atoms with Crippen molar-refractivity contribution in [3.63, 3.8) is 0 Å². The van der Waals surface area contributed by atoms with Crippen LogP contribution in [-0.2, 0) is 5.60 Å².